The fourth-order valence-corrected chi connectivity index (χ4v) is 3.38. The van der Waals surface area contributed by atoms with Gasteiger partial charge in [-0.25, -0.2) is 4.79 Å². The van der Waals surface area contributed by atoms with E-state index in [2.05, 4.69) is 5.32 Å². The van der Waals surface area contributed by atoms with Crippen molar-refractivity contribution in [1.29, 1.82) is 0 Å². The van der Waals surface area contributed by atoms with Gasteiger partial charge in [-0.2, -0.15) is 0 Å². The number of benzene rings is 2. The first kappa shape index (κ1) is 18.1. The van der Waals surface area contributed by atoms with Crippen LogP contribution < -0.4 is 5.32 Å². The molecule has 3 rings (SSSR count). The molecule has 0 spiro atoms. The molecule has 2 aromatic rings. The second-order valence-corrected chi connectivity index (χ2v) is 6.52. The molecule has 5 nitrogen and oxygen atoms in total. The van der Waals surface area contributed by atoms with Crippen molar-refractivity contribution in [2.45, 2.75) is 25.4 Å². The summed E-state index contributed by atoms with van der Waals surface area (Å²) in [4.78, 5) is 23.4. The van der Waals surface area contributed by atoms with Gasteiger partial charge in [0.15, 0.2) is 0 Å². The molecule has 1 fully saturated rings. The number of carboxylic acids is 1. The minimum Gasteiger partial charge on any atom is -0.478 e. The Bertz CT molecular complexity index is 760. The number of carbonyl (C=O) groups excluding carboxylic acids is 1. The highest BCUT2D eigenvalue weighted by atomic mass is 16.5. The number of aryl methyl sites for hydroxylation is 1. The summed E-state index contributed by atoms with van der Waals surface area (Å²) < 4.78 is 5.84. The summed E-state index contributed by atoms with van der Waals surface area (Å²) in [6.07, 6.45) is 1.62. The fraction of sp³-hybridized carbons (Fsp3) is 0.333. The van der Waals surface area contributed by atoms with E-state index in [0.717, 1.165) is 12.0 Å². The molecule has 1 aliphatic heterocycles. The molecule has 0 unspecified atom stereocenters. The molecule has 1 heterocycles. The Hall–Kier alpha value is -2.66. The van der Waals surface area contributed by atoms with E-state index in [-0.39, 0.29) is 29.9 Å². The molecule has 1 aliphatic rings. The molecule has 1 amide bonds. The van der Waals surface area contributed by atoms with Gasteiger partial charge in [0.05, 0.1) is 11.7 Å². The number of hydrogen-bond donors (Lipinski definition) is 2. The number of hydrogen-bond acceptors (Lipinski definition) is 3. The summed E-state index contributed by atoms with van der Waals surface area (Å²) in [7, 11) is 0. The topological polar surface area (TPSA) is 75.6 Å². The fourth-order valence-electron chi connectivity index (χ4n) is 3.38. The van der Waals surface area contributed by atoms with Crippen LogP contribution in [0.1, 0.15) is 40.4 Å². The van der Waals surface area contributed by atoms with Crippen LogP contribution in [-0.4, -0.2) is 30.1 Å². The molecule has 0 bridgehead atoms. The zero-order valence-corrected chi connectivity index (χ0v) is 14.6. The largest absolute Gasteiger partial charge is 0.478 e. The minimum absolute atomic E-state index is 0.0178. The number of amides is 1. The van der Waals surface area contributed by atoms with Crippen LogP contribution in [0, 0.1) is 5.92 Å². The van der Waals surface area contributed by atoms with Crippen molar-refractivity contribution in [3.05, 3.63) is 71.3 Å². The SMILES string of the molecule is O=C(CCc1ccccc1C(=O)O)NC[C@@H]1CCO[C@H]1c1ccccc1. The van der Waals surface area contributed by atoms with Gasteiger partial charge in [-0.15, -0.1) is 0 Å². The van der Waals surface area contributed by atoms with Gasteiger partial charge in [0.1, 0.15) is 0 Å². The number of nitrogens with one attached hydrogen (secondary N) is 1. The van der Waals surface area contributed by atoms with Crippen LogP contribution in [0.25, 0.3) is 0 Å². The van der Waals surface area contributed by atoms with Crippen LogP contribution >= 0.6 is 0 Å². The number of carboxylic acid groups (broad SMARTS) is 1. The summed E-state index contributed by atoms with van der Waals surface area (Å²) in [6, 6.07) is 16.9. The third kappa shape index (κ3) is 4.49. The summed E-state index contributed by atoms with van der Waals surface area (Å²) >= 11 is 0. The quantitative estimate of drug-likeness (QED) is 0.801. The maximum Gasteiger partial charge on any atom is 0.335 e. The number of aromatic carboxylic acids is 1. The Balaban J connectivity index is 1.51. The highest BCUT2D eigenvalue weighted by Crippen LogP contribution is 2.33. The van der Waals surface area contributed by atoms with Crippen molar-refractivity contribution in [1.82, 2.24) is 5.32 Å². The van der Waals surface area contributed by atoms with Gasteiger partial charge in [-0.3, -0.25) is 4.79 Å². The summed E-state index contributed by atoms with van der Waals surface area (Å²) in [5.74, 6) is -0.772. The molecular formula is C21H23NO4. The molecular weight excluding hydrogens is 330 g/mol. The van der Waals surface area contributed by atoms with E-state index >= 15 is 0 Å². The molecule has 0 aromatic heterocycles. The Morgan fingerprint density at radius 2 is 1.81 bits per heavy atom. The van der Waals surface area contributed by atoms with E-state index < -0.39 is 5.97 Å². The molecule has 2 atom stereocenters. The highest BCUT2D eigenvalue weighted by Gasteiger charge is 2.29. The third-order valence-electron chi connectivity index (χ3n) is 4.77. The summed E-state index contributed by atoms with van der Waals surface area (Å²) in [5.41, 5.74) is 2.08. The van der Waals surface area contributed by atoms with Gasteiger partial charge in [0, 0.05) is 25.5 Å². The van der Waals surface area contributed by atoms with Gasteiger partial charge in [0.25, 0.3) is 0 Å². The second kappa shape index (κ2) is 8.63. The van der Waals surface area contributed by atoms with Crippen LogP contribution in [0.5, 0.6) is 0 Å². The van der Waals surface area contributed by atoms with Crippen LogP contribution in [-0.2, 0) is 16.0 Å². The van der Waals surface area contributed by atoms with Crippen LogP contribution in [0.2, 0.25) is 0 Å². The van der Waals surface area contributed by atoms with Crippen molar-refractivity contribution in [2.24, 2.45) is 5.92 Å². The second-order valence-electron chi connectivity index (χ2n) is 6.52. The Kier molecular flexibility index (Phi) is 6.02. The van der Waals surface area contributed by atoms with Crippen LogP contribution in [0.4, 0.5) is 0 Å². The van der Waals surface area contributed by atoms with Crippen molar-refractivity contribution < 1.29 is 19.4 Å². The van der Waals surface area contributed by atoms with Crippen molar-refractivity contribution in [3.63, 3.8) is 0 Å². The van der Waals surface area contributed by atoms with Crippen molar-refractivity contribution >= 4 is 11.9 Å². The van der Waals surface area contributed by atoms with E-state index in [0.29, 0.717) is 25.1 Å². The predicted molar refractivity (Wildman–Crippen MR) is 98.0 cm³/mol. The van der Waals surface area contributed by atoms with Crippen LogP contribution in [0.3, 0.4) is 0 Å². The Morgan fingerprint density at radius 3 is 2.58 bits per heavy atom. The van der Waals surface area contributed by atoms with Gasteiger partial charge in [0.2, 0.25) is 5.91 Å². The highest BCUT2D eigenvalue weighted by molar-refractivity contribution is 5.89. The van der Waals surface area contributed by atoms with Crippen molar-refractivity contribution in [2.75, 3.05) is 13.2 Å². The van der Waals surface area contributed by atoms with Gasteiger partial charge < -0.3 is 15.2 Å². The molecule has 0 radical (unpaired) electrons. The summed E-state index contributed by atoms with van der Waals surface area (Å²) in [5, 5.41) is 12.2. The molecule has 0 aliphatic carbocycles. The first-order valence-corrected chi connectivity index (χ1v) is 8.89. The van der Waals surface area contributed by atoms with Crippen molar-refractivity contribution in [3.8, 4) is 0 Å². The van der Waals surface area contributed by atoms with Crippen LogP contribution in [0.15, 0.2) is 54.6 Å². The molecule has 26 heavy (non-hydrogen) atoms. The number of carbonyl (C=O) groups is 2. The maximum absolute atomic E-state index is 12.2. The summed E-state index contributed by atoms with van der Waals surface area (Å²) in [6.45, 7) is 1.27. The maximum atomic E-state index is 12.2. The normalized spacial score (nSPS) is 19.2. The lowest BCUT2D eigenvalue weighted by Crippen LogP contribution is -2.30. The lowest BCUT2D eigenvalue weighted by Gasteiger charge is -2.19. The zero-order chi connectivity index (χ0) is 18.4. The smallest absolute Gasteiger partial charge is 0.335 e. The zero-order valence-electron chi connectivity index (χ0n) is 14.6. The molecule has 2 aromatic carbocycles. The van der Waals surface area contributed by atoms with E-state index in [1.54, 1.807) is 24.3 Å². The average molecular weight is 353 g/mol. The standard InChI is InChI=1S/C21H23NO4/c23-19(11-10-15-6-4-5-9-18(15)21(24)25)22-14-17-12-13-26-20(17)16-7-2-1-3-8-16/h1-9,17,20H,10-14H2,(H,22,23)(H,24,25)/t17-,20-/m0/s1. The molecule has 1 saturated heterocycles. The predicted octanol–water partition coefficient (Wildman–Crippen LogP) is 3.21. The lowest BCUT2D eigenvalue weighted by atomic mass is 9.95. The van der Waals surface area contributed by atoms with E-state index in [4.69, 9.17) is 4.74 Å². The van der Waals surface area contributed by atoms with E-state index in [1.807, 2.05) is 30.3 Å². The minimum atomic E-state index is -0.963. The molecule has 2 N–H and O–H groups in total. The molecule has 0 saturated carbocycles. The Morgan fingerprint density at radius 1 is 1.08 bits per heavy atom. The van der Waals surface area contributed by atoms with Gasteiger partial charge in [-0.1, -0.05) is 48.5 Å². The molecule has 136 valence electrons. The first-order chi connectivity index (χ1) is 12.6. The lowest BCUT2D eigenvalue weighted by molar-refractivity contribution is -0.121. The monoisotopic (exact) mass is 353 g/mol. The molecule has 5 heteroatoms. The van der Waals surface area contributed by atoms with Gasteiger partial charge >= 0.3 is 5.97 Å². The van der Waals surface area contributed by atoms with E-state index in [1.165, 1.54) is 0 Å². The Labute approximate surface area is 153 Å². The number of ether oxygens (including phenoxy) is 1. The first-order valence-electron chi connectivity index (χ1n) is 8.89. The number of rotatable bonds is 7. The van der Waals surface area contributed by atoms with Gasteiger partial charge in [-0.05, 0) is 30.0 Å². The van der Waals surface area contributed by atoms with E-state index in [9.17, 15) is 14.7 Å². The average Bonchev–Trinajstić information content (AvgIpc) is 3.14. The third-order valence-corrected chi connectivity index (χ3v) is 4.77.